The molecule has 1 N–H and O–H groups in total. The maximum absolute atomic E-state index is 12.9. The molecule has 3 nitrogen and oxygen atoms in total. The van der Waals surface area contributed by atoms with Crippen molar-refractivity contribution in [2.24, 2.45) is 0 Å². The number of nitrogens with one attached hydrogen (secondary N) is 1. The zero-order valence-corrected chi connectivity index (χ0v) is 10.9. The number of hydrogen-bond donors (Lipinski definition) is 1. The molecule has 0 bridgehead atoms. The summed E-state index contributed by atoms with van der Waals surface area (Å²) in [5.74, 6) is -0.313. The van der Waals surface area contributed by atoms with Crippen molar-refractivity contribution in [3.05, 3.63) is 53.1 Å². The summed E-state index contributed by atoms with van der Waals surface area (Å²) >= 11 is 6.01. The third-order valence-corrected chi connectivity index (χ3v) is 3.11. The first-order valence-electron chi connectivity index (χ1n) is 5.82. The van der Waals surface area contributed by atoms with E-state index in [9.17, 15) is 4.39 Å². The molecule has 96 valence electrons. The molecule has 0 aliphatic heterocycles. The second-order valence-corrected chi connectivity index (χ2v) is 4.52. The second kappa shape index (κ2) is 5.98. The summed E-state index contributed by atoms with van der Waals surface area (Å²) < 4.78 is 14.8. The van der Waals surface area contributed by atoms with E-state index in [1.165, 1.54) is 12.1 Å². The normalized spacial score (nSPS) is 12.6. The second-order valence-electron chi connectivity index (χ2n) is 4.11. The predicted molar refractivity (Wildman–Crippen MR) is 70.1 cm³/mol. The van der Waals surface area contributed by atoms with Crippen molar-refractivity contribution in [3.63, 3.8) is 0 Å². The van der Waals surface area contributed by atoms with Gasteiger partial charge in [-0.2, -0.15) is 5.10 Å². The Hall–Kier alpha value is -1.39. The molecule has 1 unspecified atom stereocenters. The van der Waals surface area contributed by atoms with Crippen LogP contribution in [0.1, 0.15) is 18.5 Å². The summed E-state index contributed by atoms with van der Waals surface area (Å²) in [6, 6.07) is 6.44. The van der Waals surface area contributed by atoms with Gasteiger partial charge in [0, 0.05) is 30.0 Å². The van der Waals surface area contributed by atoms with Gasteiger partial charge in [-0.1, -0.05) is 17.7 Å². The number of nitrogens with zero attached hydrogens (tertiary/aromatic N) is 2. The van der Waals surface area contributed by atoms with Gasteiger partial charge in [0.25, 0.3) is 0 Å². The predicted octanol–water partition coefficient (Wildman–Crippen LogP) is 3.03. The van der Waals surface area contributed by atoms with Crippen molar-refractivity contribution in [1.82, 2.24) is 15.1 Å². The van der Waals surface area contributed by atoms with Crippen LogP contribution in [0.3, 0.4) is 0 Å². The largest absolute Gasteiger partial charge is 0.308 e. The highest BCUT2D eigenvalue weighted by molar-refractivity contribution is 6.31. The van der Waals surface area contributed by atoms with Crippen molar-refractivity contribution in [3.8, 4) is 0 Å². The van der Waals surface area contributed by atoms with Gasteiger partial charge < -0.3 is 5.32 Å². The Balaban J connectivity index is 1.89. The molecule has 2 rings (SSSR count). The molecule has 0 spiro atoms. The molecule has 0 aliphatic rings. The maximum atomic E-state index is 12.9. The summed E-state index contributed by atoms with van der Waals surface area (Å²) in [5, 5.41) is 7.90. The van der Waals surface area contributed by atoms with E-state index >= 15 is 0 Å². The van der Waals surface area contributed by atoms with Crippen molar-refractivity contribution < 1.29 is 4.39 Å². The minimum absolute atomic E-state index is 0.0775. The monoisotopic (exact) mass is 267 g/mol. The Morgan fingerprint density at radius 1 is 1.50 bits per heavy atom. The van der Waals surface area contributed by atoms with E-state index in [2.05, 4.69) is 10.4 Å². The minimum atomic E-state index is -0.313. The average Bonchev–Trinajstić information content (AvgIpc) is 2.81. The molecular formula is C13H15ClFN3. The van der Waals surface area contributed by atoms with E-state index < -0.39 is 0 Å². The van der Waals surface area contributed by atoms with E-state index in [1.807, 2.05) is 23.9 Å². The van der Waals surface area contributed by atoms with E-state index in [-0.39, 0.29) is 11.9 Å². The highest BCUT2D eigenvalue weighted by Crippen LogP contribution is 2.23. The number of rotatable bonds is 5. The Bertz CT molecular complexity index is 499. The van der Waals surface area contributed by atoms with E-state index in [0.29, 0.717) is 5.02 Å². The molecule has 0 amide bonds. The van der Waals surface area contributed by atoms with Gasteiger partial charge >= 0.3 is 0 Å². The summed E-state index contributed by atoms with van der Waals surface area (Å²) in [5.41, 5.74) is 0.901. The smallest absolute Gasteiger partial charge is 0.124 e. The summed E-state index contributed by atoms with van der Waals surface area (Å²) in [6.07, 6.45) is 3.66. The molecule has 1 heterocycles. The highest BCUT2D eigenvalue weighted by Gasteiger charge is 2.09. The number of halogens is 2. The van der Waals surface area contributed by atoms with E-state index in [1.54, 1.807) is 12.3 Å². The quantitative estimate of drug-likeness (QED) is 0.902. The molecule has 2 aromatic rings. The summed E-state index contributed by atoms with van der Waals surface area (Å²) in [6.45, 7) is 3.56. The van der Waals surface area contributed by atoms with Crippen LogP contribution in [0.2, 0.25) is 5.02 Å². The molecule has 0 aliphatic carbocycles. The molecule has 1 aromatic carbocycles. The van der Waals surface area contributed by atoms with Gasteiger partial charge in [0.15, 0.2) is 0 Å². The van der Waals surface area contributed by atoms with Crippen molar-refractivity contribution in [1.29, 1.82) is 0 Å². The van der Waals surface area contributed by atoms with Crippen LogP contribution in [0.15, 0.2) is 36.7 Å². The van der Waals surface area contributed by atoms with Crippen molar-refractivity contribution in [2.75, 3.05) is 6.54 Å². The van der Waals surface area contributed by atoms with E-state index in [4.69, 9.17) is 11.6 Å². The van der Waals surface area contributed by atoms with Gasteiger partial charge in [-0.15, -0.1) is 0 Å². The van der Waals surface area contributed by atoms with E-state index in [0.717, 1.165) is 18.7 Å². The summed E-state index contributed by atoms with van der Waals surface area (Å²) in [7, 11) is 0. The molecular weight excluding hydrogens is 253 g/mol. The fourth-order valence-corrected chi connectivity index (χ4v) is 2.12. The van der Waals surface area contributed by atoms with Gasteiger partial charge in [0.2, 0.25) is 0 Å². The first-order chi connectivity index (χ1) is 8.66. The van der Waals surface area contributed by atoms with Crippen LogP contribution < -0.4 is 5.32 Å². The lowest BCUT2D eigenvalue weighted by Gasteiger charge is -2.15. The molecule has 0 saturated carbocycles. The Labute approximate surface area is 111 Å². The summed E-state index contributed by atoms with van der Waals surface area (Å²) in [4.78, 5) is 0. The van der Waals surface area contributed by atoms with Gasteiger partial charge in [0.1, 0.15) is 5.82 Å². The lowest BCUT2D eigenvalue weighted by atomic mass is 10.1. The third-order valence-electron chi connectivity index (χ3n) is 2.78. The lowest BCUT2D eigenvalue weighted by molar-refractivity contribution is 0.507. The average molecular weight is 268 g/mol. The lowest BCUT2D eigenvalue weighted by Crippen LogP contribution is -2.23. The number of benzene rings is 1. The van der Waals surface area contributed by atoms with Crippen LogP contribution in [-0.4, -0.2) is 16.3 Å². The van der Waals surface area contributed by atoms with Gasteiger partial charge in [-0.05, 0) is 30.7 Å². The third kappa shape index (κ3) is 3.31. The SMILES string of the molecule is CC(NCCn1cccn1)c1ccc(F)cc1Cl. The zero-order valence-electron chi connectivity index (χ0n) is 10.1. The fraction of sp³-hybridized carbons (Fsp3) is 0.308. The molecule has 1 aromatic heterocycles. The Morgan fingerprint density at radius 2 is 2.33 bits per heavy atom. The highest BCUT2D eigenvalue weighted by atomic mass is 35.5. The first-order valence-corrected chi connectivity index (χ1v) is 6.20. The molecule has 0 radical (unpaired) electrons. The molecule has 0 saturated heterocycles. The first kappa shape index (κ1) is 13.1. The van der Waals surface area contributed by atoms with Gasteiger partial charge in [-0.25, -0.2) is 4.39 Å². The van der Waals surface area contributed by atoms with Crippen molar-refractivity contribution in [2.45, 2.75) is 19.5 Å². The van der Waals surface area contributed by atoms with Crippen LogP contribution in [-0.2, 0) is 6.54 Å². The topological polar surface area (TPSA) is 29.9 Å². The van der Waals surface area contributed by atoms with Crippen LogP contribution >= 0.6 is 11.6 Å². The van der Waals surface area contributed by atoms with Crippen LogP contribution in [0.5, 0.6) is 0 Å². The maximum Gasteiger partial charge on any atom is 0.124 e. The molecule has 5 heteroatoms. The number of hydrogen-bond acceptors (Lipinski definition) is 2. The fourth-order valence-electron chi connectivity index (χ4n) is 1.79. The van der Waals surface area contributed by atoms with Gasteiger partial charge in [0.05, 0.1) is 6.54 Å². The van der Waals surface area contributed by atoms with Crippen molar-refractivity contribution >= 4 is 11.6 Å². The molecule has 1 atom stereocenters. The van der Waals surface area contributed by atoms with Crippen LogP contribution in [0.25, 0.3) is 0 Å². The molecule has 18 heavy (non-hydrogen) atoms. The van der Waals surface area contributed by atoms with Gasteiger partial charge in [-0.3, -0.25) is 4.68 Å². The Kier molecular flexibility index (Phi) is 4.33. The standard InChI is InChI=1S/C13H15ClFN3/c1-10(12-4-3-11(15)9-13(12)14)16-6-8-18-7-2-5-17-18/h2-5,7,9-10,16H,6,8H2,1H3. The van der Waals surface area contributed by atoms with Crippen LogP contribution in [0.4, 0.5) is 4.39 Å². The Morgan fingerprint density at radius 3 is 3.00 bits per heavy atom. The zero-order chi connectivity index (χ0) is 13.0. The molecule has 0 fully saturated rings. The van der Waals surface area contributed by atoms with Crippen LogP contribution in [0, 0.1) is 5.82 Å². The number of aromatic nitrogens is 2. The minimum Gasteiger partial charge on any atom is -0.308 e.